The summed E-state index contributed by atoms with van der Waals surface area (Å²) in [6.07, 6.45) is 2.89. The Morgan fingerprint density at radius 3 is 2.46 bits per heavy atom. The smallest absolute Gasteiger partial charge is 0.317 e. The predicted octanol–water partition coefficient (Wildman–Crippen LogP) is 2.46. The standard InChI is InChI=1S/C20H18ClN5O2/c1-24-16-4-2-3-5-17(16)26(20(28)19(24)27)14-6-8-25(9-7-14)18-15(21)10-13(11-22)12-23-18/h2-5,10,12,14H,6-9H2,1H3. The van der Waals surface area contributed by atoms with Crippen LogP contribution < -0.4 is 16.0 Å². The van der Waals surface area contributed by atoms with Crippen molar-refractivity contribution in [2.75, 3.05) is 18.0 Å². The van der Waals surface area contributed by atoms with Crippen molar-refractivity contribution in [3.63, 3.8) is 0 Å². The Balaban J connectivity index is 1.66. The van der Waals surface area contributed by atoms with Crippen LogP contribution in [0.2, 0.25) is 5.02 Å². The van der Waals surface area contributed by atoms with Gasteiger partial charge in [-0.2, -0.15) is 5.26 Å². The molecule has 0 atom stereocenters. The van der Waals surface area contributed by atoms with Crippen LogP contribution in [-0.4, -0.2) is 27.2 Å². The lowest BCUT2D eigenvalue weighted by Crippen LogP contribution is -2.45. The lowest BCUT2D eigenvalue weighted by molar-refractivity contribution is 0.393. The highest BCUT2D eigenvalue weighted by atomic mass is 35.5. The van der Waals surface area contributed by atoms with E-state index < -0.39 is 11.1 Å². The van der Waals surface area contributed by atoms with Gasteiger partial charge in [-0.15, -0.1) is 0 Å². The van der Waals surface area contributed by atoms with Crippen molar-refractivity contribution in [2.45, 2.75) is 18.9 Å². The third kappa shape index (κ3) is 2.96. The van der Waals surface area contributed by atoms with Crippen molar-refractivity contribution in [1.82, 2.24) is 14.1 Å². The summed E-state index contributed by atoms with van der Waals surface area (Å²) in [5.41, 5.74) is 0.919. The Kier molecular flexibility index (Phi) is 4.65. The fourth-order valence-corrected chi connectivity index (χ4v) is 4.13. The van der Waals surface area contributed by atoms with E-state index in [9.17, 15) is 9.59 Å². The van der Waals surface area contributed by atoms with Gasteiger partial charge in [0.25, 0.3) is 0 Å². The lowest BCUT2D eigenvalue weighted by Gasteiger charge is -2.34. The molecule has 1 aliphatic heterocycles. The van der Waals surface area contributed by atoms with Crippen LogP contribution in [0.15, 0.2) is 46.1 Å². The molecule has 0 saturated carbocycles. The first-order chi connectivity index (χ1) is 13.5. The van der Waals surface area contributed by atoms with Crippen LogP contribution in [0.25, 0.3) is 11.0 Å². The third-order valence-electron chi connectivity index (χ3n) is 5.29. The average Bonchev–Trinajstić information content (AvgIpc) is 2.73. The van der Waals surface area contributed by atoms with Crippen LogP contribution in [0.5, 0.6) is 0 Å². The fourth-order valence-electron chi connectivity index (χ4n) is 3.84. The minimum Gasteiger partial charge on any atom is -0.355 e. The number of para-hydroxylation sites is 2. The van der Waals surface area contributed by atoms with Crippen molar-refractivity contribution in [1.29, 1.82) is 5.26 Å². The molecule has 0 spiro atoms. The number of fused-ring (bicyclic) bond motifs is 1. The second-order valence-corrected chi connectivity index (χ2v) is 7.29. The van der Waals surface area contributed by atoms with Gasteiger partial charge in [-0.05, 0) is 31.0 Å². The number of aromatic nitrogens is 3. The van der Waals surface area contributed by atoms with Crippen LogP contribution in [0.4, 0.5) is 5.82 Å². The molecule has 1 saturated heterocycles. The average molecular weight is 396 g/mol. The number of rotatable bonds is 2. The molecular weight excluding hydrogens is 378 g/mol. The van der Waals surface area contributed by atoms with Gasteiger partial charge in [0.05, 0.1) is 21.6 Å². The quantitative estimate of drug-likeness (QED) is 0.622. The van der Waals surface area contributed by atoms with Gasteiger partial charge in [0.1, 0.15) is 11.9 Å². The van der Waals surface area contributed by atoms with Crippen molar-refractivity contribution in [2.24, 2.45) is 7.05 Å². The minimum atomic E-state index is -0.516. The summed E-state index contributed by atoms with van der Waals surface area (Å²) in [5, 5.41) is 9.40. The van der Waals surface area contributed by atoms with Crippen LogP contribution in [0.1, 0.15) is 24.4 Å². The normalized spacial score (nSPS) is 15.0. The number of aryl methyl sites for hydroxylation is 1. The molecular formula is C20H18ClN5O2. The number of anilines is 1. The van der Waals surface area contributed by atoms with Gasteiger partial charge in [0.15, 0.2) is 0 Å². The number of piperidine rings is 1. The second kappa shape index (κ2) is 7.13. The summed E-state index contributed by atoms with van der Waals surface area (Å²) >= 11 is 6.28. The molecule has 0 radical (unpaired) electrons. The van der Waals surface area contributed by atoms with Crippen LogP contribution >= 0.6 is 11.6 Å². The van der Waals surface area contributed by atoms with Gasteiger partial charge >= 0.3 is 11.1 Å². The SMILES string of the molecule is Cn1c(=O)c(=O)n(C2CCN(c3ncc(C#N)cc3Cl)CC2)c2ccccc21. The summed E-state index contributed by atoms with van der Waals surface area (Å²) < 4.78 is 3.05. The van der Waals surface area contributed by atoms with E-state index in [1.807, 2.05) is 35.2 Å². The maximum absolute atomic E-state index is 12.7. The van der Waals surface area contributed by atoms with Crippen LogP contribution in [0.3, 0.4) is 0 Å². The highest BCUT2D eigenvalue weighted by molar-refractivity contribution is 6.33. The molecule has 0 bridgehead atoms. The van der Waals surface area contributed by atoms with E-state index in [2.05, 4.69) is 4.98 Å². The Bertz CT molecular complexity index is 1220. The number of benzene rings is 1. The molecule has 4 rings (SSSR count). The van der Waals surface area contributed by atoms with Gasteiger partial charge in [-0.1, -0.05) is 23.7 Å². The maximum Gasteiger partial charge on any atom is 0.317 e. The summed E-state index contributed by atoms with van der Waals surface area (Å²) in [6, 6.07) is 11.0. The van der Waals surface area contributed by atoms with Gasteiger partial charge in [0, 0.05) is 32.4 Å². The first kappa shape index (κ1) is 18.3. The number of nitriles is 1. The summed E-state index contributed by atoms with van der Waals surface area (Å²) in [7, 11) is 1.62. The Labute approximate surface area is 166 Å². The second-order valence-electron chi connectivity index (χ2n) is 6.89. The van der Waals surface area contributed by atoms with Crippen molar-refractivity contribution in [3.05, 3.63) is 67.8 Å². The van der Waals surface area contributed by atoms with Gasteiger partial charge in [0.2, 0.25) is 0 Å². The Hall–Kier alpha value is -3.11. The third-order valence-corrected chi connectivity index (χ3v) is 5.57. The van der Waals surface area contributed by atoms with Crippen LogP contribution in [0, 0.1) is 11.3 Å². The highest BCUT2D eigenvalue weighted by Gasteiger charge is 2.26. The lowest BCUT2D eigenvalue weighted by atomic mass is 10.0. The van der Waals surface area contributed by atoms with Gasteiger partial charge < -0.3 is 9.47 Å². The van der Waals surface area contributed by atoms with Gasteiger partial charge in [-0.25, -0.2) is 4.98 Å². The van der Waals surface area contributed by atoms with Gasteiger partial charge in [-0.3, -0.25) is 14.2 Å². The molecule has 3 heterocycles. The number of nitrogens with zero attached hydrogens (tertiary/aromatic N) is 5. The van der Waals surface area contributed by atoms with E-state index in [-0.39, 0.29) is 6.04 Å². The monoisotopic (exact) mass is 395 g/mol. The van der Waals surface area contributed by atoms with Crippen molar-refractivity contribution in [3.8, 4) is 6.07 Å². The first-order valence-corrected chi connectivity index (χ1v) is 9.40. The van der Waals surface area contributed by atoms with E-state index in [1.54, 1.807) is 17.7 Å². The summed E-state index contributed by atoms with van der Waals surface area (Å²) in [5.74, 6) is 0.639. The molecule has 0 unspecified atom stereocenters. The summed E-state index contributed by atoms with van der Waals surface area (Å²) in [4.78, 5) is 31.5. The molecule has 1 aromatic carbocycles. The molecule has 3 aromatic rings. The first-order valence-electron chi connectivity index (χ1n) is 9.02. The minimum absolute atomic E-state index is 0.0697. The number of halogens is 1. The molecule has 28 heavy (non-hydrogen) atoms. The zero-order chi connectivity index (χ0) is 19.8. The fraction of sp³-hybridized carbons (Fsp3) is 0.300. The topological polar surface area (TPSA) is 83.9 Å². The number of hydrogen-bond donors (Lipinski definition) is 0. The van der Waals surface area contributed by atoms with Crippen molar-refractivity contribution >= 4 is 28.5 Å². The molecule has 0 amide bonds. The molecule has 0 N–H and O–H groups in total. The molecule has 1 aliphatic rings. The van der Waals surface area contributed by atoms with E-state index in [0.29, 0.717) is 42.3 Å². The number of pyridine rings is 1. The summed E-state index contributed by atoms with van der Waals surface area (Å²) in [6.45, 7) is 1.30. The van der Waals surface area contributed by atoms with E-state index in [1.165, 1.54) is 10.8 Å². The van der Waals surface area contributed by atoms with E-state index in [4.69, 9.17) is 16.9 Å². The highest BCUT2D eigenvalue weighted by Crippen LogP contribution is 2.30. The van der Waals surface area contributed by atoms with Crippen molar-refractivity contribution < 1.29 is 0 Å². The van der Waals surface area contributed by atoms with Crippen LogP contribution in [-0.2, 0) is 7.05 Å². The molecule has 142 valence electrons. The molecule has 2 aromatic heterocycles. The molecule has 1 fully saturated rings. The van der Waals surface area contributed by atoms with E-state index in [0.717, 1.165) is 11.0 Å². The number of hydrogen-bond acceptors (Lipinski definition) is 5. The predicted molar refractivity (Wildman–Crippen MR) is 108 cm³/mol. The maximum atomic E-state index is 12.7. The largest absolute Gasteiger partial charge is 0.355 e. The molecule has 7 nitrogen and oxygen atoms in total. The zero-order valence-corrected chi connectivity index (χ0v) is 16.1. The molecule has 0 aliphatic carbocycles. The Morgan fingerprint density at radius 2 is 1.82 bits per heavy atom. The Morgan fingerprint density at radius 1 is 1.14 bits per heavy atom. The molecule has 8 heteroatoms. The van der Waals surface area contributed by atoms with E-state index >= 15 is 0 Å². The zero-order valence-electron chi connectivity index (χ0n) is 15.3.